The van der Waals surface area contributed by atoms with Gasteiger partial charge in [0.2, 0.25) is 17.7 Å². The van der Waals surface area contributed by atoms with Crippen molar-refractivity contribution in [2.24, 2.45) is 0 Å². The van der Waals surface area contributed by atoms with Crippen molar-refractivity contribution in [2.75, 3.05) is 31.1 Å². The molecule has 3 heterocycles. The van der Waals surface area contributed by atoms with Gasteiger partial charge in [-0.25, -0.2) is 4.98 Å². The predicted octanol–water partition coefficient (Wildman–Crippen LogP) is 0.714. The summed E-state index contributed by atoms with van der Waals surface area (Å²) in [6.07, 6.45) is 0.256. The number of hydrogen-bond acceptors (Lipinski definition) is 6. The van der Waals surface area contributed by atoms with Crippen LogP contribution in [0.3, 0.4) is 0 Å². The second-order valence-corrected chi connectivity index (χ2v) is 6.14. The number of amides is 1. The Hall–Kier alpha value is -2.71. The minimum absolute atomic E-state index is 0.00536. The molecular weight excluding hydrogens is 329 g/mol. The van der Waals surface area contributed by atoms with Crippen LogP contribution in [0, 0.1) is 26.6 Å². The Kier molecular flexibility index (Phi) is 4.56. The molecule has 0 spiro atoms. The summed E-state index contributed by atoms with van der Waals surface area (Å²) in [6.45, 7) is 7.10. The van der Waals surface area contributed by atoms with Crippen LogP contribution >= 0.6 is 0 Å². The Labute approximate surface area is 143 Å². The van der Waals surface area contributed by atoms with E-state index in [-0.39, 0.29) is 18.0 Å². The van der Waals surface area contributed by atoms with Crippen LogP contribution in [0.2, 0.25) is 0 Å². The maximum atomic E-state index is 13.4. The topological polar surface area (TPSA) is 95.3 Å². The van der Waals surface area contributed by atoms with Gasteiger partial charge in [0.25, 0.3) is 5.56 Å². The largest absolute Gasteiger partial charge is 0.361 e. The molecule has 9 heteroatoms. The summed E-state index contributed by atoms with van der Waals surface area (Å²) in [6, 6.07) is 0. The van der Waals surface area contributed by atoms with E-state index in [0.29, 0.717) is 37.9 Å². The molecule has 0 bridgehead atoms. The van der Waals surface area contributed by atoms with E-state index < -0.39 is 11.4 Å². The van der Waals surface area contributed by atoms with Gasteiger partial charge in [-0.2, -0.15) is 4.39 Å². The van der Waals surface area contributed by atoms with Gasteiger partial charge < -0.3 is 14.3 Å². The van der Waals surface area contributed by atoms with E-state index in [0.717, 1.165) is 11.3 Å². The van der Waals surface area contributed by atoms with Gasteiger partial charge in [-0.05, 0) is 20.8 Å². The standard InChI is InChI=1S/C16H20FN5O3/c1-9-12(11(3)25-20-9)8-13(23)21-4-6-22(7-5-21)16-18-10(2)14(17)15(24)19-16/h4-8H2,1-3H3,(H,18,19,24). The molecule has 134 valence electrons. The summed E-state index contributed by atoms with van der Waals surface area (Å²) in [5.41, 5.74) is 0.843. The number of aromatic amines is 1. The number of carbonyl (C=O) groups excluding carboxylic acids is 1. The number of H-pyrrole nitrogens is 1. The van der Waals surface area contributed by atoms with Crippen molar-refractivity contribution in [1.82, 2.24) is 20.0 Å². The Bertz CT molecular complexity index is 832. The molecule has 1 amide bonds. The normalized spacial score (nSPS) is 14.9. The molecule has 8 nitrogen and oxygen atoms in total. The van der Waals surface area contributed by atoms with E-state index in [1.807, 2.05) is 11.8 Å². The molecule has 0 radical (unpaired) electrons. The van der Waals surface area contributed by atoms with Crippen LogP contribution in [0.15, 0.2) is 9.32 Å². The molecule has 1 N–H and O–H groups in total. The summed E-state index contributed by atoms with van der Waals surface area (Å²) in [4.78, 5) is 34.1. The van der Waals surface area contributed by atoms with E-state index in [4.69, 9.17) is 4.52 Å². The molecule has 0 aromatic carbocycles. The molecule has 3 rings (SSSR count). The fraction of sp³-hybridized carbons (Fsp3) is 0.500. The van der Waals surface area contributed by atoms with Crippen LogP contribution in [0.25, 0.3) is 0 Å². The van der Waals surface area contributed by atoms with Gasteiger partial charge in [0.05, 0.1) is 17.8 Å². The molecule has 0 unspecified atom stereocenters. The summed E-state index contributed by atoms with van der Waals surface area (Å²) in [5.74, 6) is 0.137. The number of nitrogens with one attached hydrogen (secondary N) is 1. The highest BCUT2D eigenvalue weighted by molar-refractivity contribution is 5.79. The molecule has 1 saturated heterocycles. The SMILES string of the molecule is Cc1noc(C)c1CC(=O)N1CCN(c2nc(C)c(F)c(=O)[nH]2)CC1. The number of aromatic nitrogens is 3. The average Bonchev–Trinajstić information content (AvgIpc) is 2.91. The number of aryl methyl sites for hydroxylation is 3. The lowest BCUT2D eigenvalue weighted by molar-refractivity contribution is -0.130. The van der Waals surface area contributed by atoms with Crippen LogP contribution in [0.5, 0.6) is 0 Å². The highest BCUT2D eigenvalue weighted by Gasteiger charge is 2.24. The lowest BCUT2D eigenvalue weighted by atomic mass is 10.1. The zero-order valence-corrected chi connectivity index (χ0v) is 14.4. The third-order valence-corrected chi connectivity index (χ3v) is 4.46. The molecule has 0 aliphatic carbocycles. The maximum Gasteiger partial charge on any atom is 0.288 e. The third-order valence-electron chi connectivity index (χ3n) is 4.46. The smallest absolute Gasteiger partial charge is 0.288 e. The van der Waals surface area contributed by atoms with Gasteiger partial charge in [-0.15, -0.1) is 0 Å². The monoisotopic (exact) mass is 349 g/mol. The van der Waals surface area contributed by atoms with Gasteiger partial charge in [0.15, 0.2) is 0 Å². The van der Waals surface area contributed by atoms with Gasteiger partial charge in [0.1, 0.15) is 5.76 Å². The van der Waals surface area contributed by atoms with Gasteiger partial charge in [0, 0.05) is 31.7 Å². The number of anilines is 1. The van der Waals surface area contributed by atoms with E-state index >= 15 is 0 Å². The molecule has 0 saturated carbocycles. The third kappa shape index (κ3) is 3.40. The van der Waals surface area contributed by atoms with E-state index in [2.05, 4.69) is 15.1 Å². The fourth-order valence-corrected chi connectivity index (χ4v) is 2.89. The second-order valence-electron chi connectivity index (χ2n) is 6.14. The molecule has 25 heavy (non-hydrogen) atoms. The molecule has 0 atom stereocenters. The molecule has 1 aliphatic heterocycles. The molecular formula is C16H20FN5O3. The number of halogens is 1. The van der Waals surface area contributed by atoms with Crippen LogP contribution < -0.4 is 10.5 Å². The zero-order valence-electron chi connectivity index (χ0n) is 14.4. The number of rotatable bonds is 3. The lowest BCUT2D eigenvalue weighted by Gasteiger charge is -2.35. The first kappa shape index (κ1) is 17.1. The summed E-state index contributed by atoms with van der Waals surface area (Å²) < 4.78 is 18.5. The first-order chi connectivity index (χ1) is 11.9. The minimum atomic E-state index is -0.864. The number of carbonyl (C=O) groups is 1. The zero-order chi connectivity index (χ0) is 18.1. The van der Waals surface area contributed by atoms with Crippen molar-refractivity contribution < 1.29 is 13.7 Å². The number of piperazine rings is 1. The highest BCUT2D eigenvalue weighted by Crippen LogP contribution is 2.16. The Balaban J connectivity index is 1.64. The Morgan fingerprint density at radius 1 is 1.20 bits per heavy atom. The minimum Gasteiger partial charge on any atom is -0.361 e. The summed E-state index contributed by atoms with van der Waals surface area (Å²) >= 11 is 0. The van der Waals surface area contributed by atoms with Gasteiger partial charge >= 0.3 is 0 Å². The van der Waals surface area contributed by atoms with Crippen molar-refractivity contribution in [1.29, 1.82) is 0 Å². The Morgan fingerprint density at radius 3 is 2.44 bits per heavy atom. The predicted molar refractivity (Wildman–Crippen MR) is 88.0 cm³/mol. The number of hydrogen-bond donors (Lipinski definition) is 1. The Morgan fingerprint density at radius 2 is 1.88 bits per heavy atom. The highest BCUT2D eigenvalue weighted by atomic mass is 19.1. The fourth-order valence-electron chi connectivity index (χ4n) is 2.89. The van der Waals surface area contributed by atoms with E-state index in [1.54, 1.807) is 11.8 Å². The molecule has 1 fully saturated rings. The van der Waals surface area contributed by atoms with Crippen LogP contribution in [-0.2, 0) is 11.2 Å². The van der Waals surface area contributed by atoms with Crippen LogP contribution in [-0.4, -0.2) is 52.1 Å². The molecule has 1 aliphatic rings. The first-order valence-corrected chi connectivity index (χ1v) is 8.07. The quantitative estimate of drug-likeness (QED) is 0.877. The molecule has 2 aromatic heterocycles. The van der Waals surface area contributed by atoms with Crippen molar-refractivity contribution in [3.05, 3.63) is 38.9 Å². The van der Waals surface area contributed by atoms with Gasteiger partial charge in [-0.3, -0.25) is 14.6 Å². The average molecular weight is 349 g/mol. The molecule has 2 aromatic rings. The van der Waals surface area contributed by atoms with Crippen molar-refractivity contribution in [3.63, 3.8) is 0 Å². The lowest BCUT2D eigenvalue weighted by Crippen LogP contribution is -2.50. The second kappa shape index (κ2) is 6.66. The summed E-state index contributed by atoms with van der Waals surface area (Å²) in [7, 11) is 0. The van der Waals surface area contributed by atoms with E-state index in [9.17, 15) is 14.0 Å². The maximum absolute atomic E-state index is 13.4. The summed E-state index contributed by atoms with van der Waals surface area (Å²) in [5, 5.41) is 3.86. The number of nitrogens with zero attached hydrogens (tertiary/aromatic N) is 4. The van der Waals surface area contributed by atoms with Gasteiger partial charge in [-0.1, -0.05) is 5.16 Å². The van der Waals surface area contributed by atoms with Crippen molar-refractivity contribution in [3.8, 4) is 0 Å². The van der Waals surface area contributed by atoms with Crippen molar-refractivity contribution in [2.45, 2.75) is 27.2 Å². The van der Waals surface area contributed by atoms with Crippen LogP contribution in [0.4, 0.5) is 10.3 Å². The van der Waals surface area contributed by atoms with E-state index in [1.165, 1.54) is 6.92 Å². The van der Waals surface area contributed by atoms with Crippen LogP contribution in [0.1, 0.15) is 22.7 Å². The first-order valence-electron chi connectivity index (χ1n) is 8.07. The van der Waals surface area contributed by atoms with Crippen molar-refractivity contribution >= 4 is 11.9 Å².